The molecule has 4 nitrogen and oxygen atoms in total. The van der Waals surface area contributed by atoms with Crippen molar-refractivity contribution < 1.29 is 4.79 Å². The fraction of sp³-hybridized carbons (Fsp3) is 0.400. The Kier molecular flexibility index (Phi) is 1.58. The first-order valence-electron chi connectivity index (χ1n) is 2.65. The lowest BCUT2D eigenvalue weighted by Gasteiger charge is -2.00. The molecule has 1 aliphatic heterocycles. The molecule has 0 radical (unpaired) electrons. The number of amides is 1. The summed E-state index contributed by atoms with van der Waals surface area (Å²) in [6.45, 7) is 0.627. The van der Waals surface area contributed by atoms with Gasteiger partial charge in [-0.15, -0.1) is 0 Å². The molecule has 0 bridgehead atoms. The van der Waals surface area contributed by atoms with Crippen LogP contribution >= 0.6 is 0 Å². The van der Waals surface area contributed by atoms with E-state index in [1.807, 2.05) is 0 Å². The Balaban J connectivity index is 2.68. The summed E-state index contributed by atoms with van der Waals surface area (Å²) in [6, 6.07) is 0. The summed E-state index contributed by atoms with van der Waals surface area (Å²) < 4.78 is 0. The Bertz CT molecular complexity index is 183. The summed E-state index contributed by atoms with van der Waals surface area (Å²) in [6.07, 6.45) is 1.94. The third-order valence-electron chi connectivity index (χ3n) is 1.06. The van der Waals surface area contributed by atoms with Gasteiger partial charge < -0.3 is 5.73 Å². The zero-order valence-corrected chi connectivity index (χ0v) is 4.87. The van der Waals surface area contributed by atoms with Crippen LogP contribution in [0.2, 0.25) is 0 Å². The highest BCUT2D eigenvalue weighted by Crippen LogP contribution is 1.91. The lowest BCUT2D eigenvalue weighted by atomic mass is 10.2. The van der Waals surface area contributed by atoms with Crippen molar-refractivity contribution in [1.29, 1.82) is 0 Å². The maximum atomic E-state index is 10.4. The van der Waals surface area contributed by atoms with E-state index in [2.05, 4.69) is 9.98 Å². The molecule has 1 rings (SSSR count). The standard InChI is InChI=1S/C5H7N3O/c6-5(9)4-1-2-7-3-8-4/h3H,1-2H2,(H2,6,9). The van der Waals surface area contributed by atoms with Crippen LogP contribution in [-0.2, 0) is 4.79 Å². The van der Waals surface area contributed by atoms with E-state index in [0.717, 1.165) is 0 Å². The number of hydrogen-bond acceptors (Lipinski definition) is 3. The zero-order valence-electron chi connectivity index (χ0n) is 4.87. The molecule has 0 saturated heterocycles. The molecule has 0 fully saturated rings. The van der Waals surface area contributed by atoms with Gasteiger partial charge in [-0.1, -0.05) is 0 Å². The van der Waals surface area contributed by atoms with E-state index in [9.17, 15) is 4.79 Å². The van der Waals surface area contributed by atoms with Crippen LogP contribution in [0.1, 0.15) is 6.42 Å². The highest BCUT2D eigenvalue weighted by Gasteiger charge is 2.06. The van der Waals surface area contributed by atoms with Crippen molar-refractivity contribution in [2.75, 3.05) is 6.54 Å². The van der Waals surface area contributed by atoms with Crippen molar-refractivity contribution in [3.8, 4) is 0 Å². The molecule has 0 spiro atoms. The lowest BCUT2D eigenvalue weighted by molar-refractivity contribution is -0.112. The van der Waals surface area contributed by atoms with E-state index in [0.29, 0.717) is 18.7 Å². The number of hydrogen-bond donors (Lipinski definition) is 1. The van der Waals surface area contributed by atoms with Gasteiger partial charge in [0.1, 0.15) is 12.1 Å². The molecule has 0 aromatic carbocycles. The van der Waals surface area contributed by atoms with Crippen LogP contribution in [0.25, 0.3) is 0 Å². The number of rotatable bonds is 1. The largest absolute Gasteiger partial charge is 0.365 e. The topological polar surface area (TPSA) is 67.8 Å². The van der Waals surface area contributed by atoms with Gasteiger partial charge in [0.2, 0.25) is 0 Å². The second-order valence-electron chi connectivity index (χ2n) is 1.71. The van der Waals surface area contributed by atoms with Crippen molar-refractivity contribution in [1.82, 2.24) is 0 Å². The highest BCUT2D eigenvalue weighted by atomic mass is 16.1. The van der Waals surface area contributed by atoms with Crippen LogP contribution in [0, 0.1) is 0 Å². The van der Waals surface area contributed by atoms with E-state index >= 15 is 0 Å². The third-order valence-corrected chi connectivity index (χ3v) is 1.06. The van der Waals surface area contributed by atoms with Crippen molar-refractivity contribution in [2.45, 2.75) is 6.42 Å². The quantitative estimate of drug-likeness (QED) is 0.497. The molecule has 1 amide bonds. The van der Waals surface area contributed by atoms with E-state index in [4.69, 9.17) is 5.73 Å². The minimum Gasteiger partial charge on any atom is -0.365 e. The second kappa shape index (κ2) is 2.39. The molecule has 4 heteroatoms. The SMILES string of the molecule is NC(=O)C1=NC=NCC1. The predicted octanol–water partition coefficient (Wildman–Crippen LogP) is -0.655. The van der Waals surface area contributed by atoms with Gasteiger partial charge >= 0.3 is 0 Å². The fourth-order valence-corrected chi connectivity index (χ4v) is 0.590. The summed E-state index contributed by atoms with van der Waals surface area (Å²) >= 11 is 0. The van der Waals surface area contributed by atoms with Gasteiger partial charge in [0, 0.05) is 13.0 Å². The van der Waals surface area contributed by atoms with Crippen molar-refractivity contribution >= 4 is 18.0 Å². The monoisotopic (exact) mass is 125 g/mol. The summed E-state index contributed by atoms with van der Waals surface area (Å²) in [5.74, 6) is -0.443. The summed E-state index contributed by atoms with van der Waals surface area (Å²) in [5.41, 5.74) is 5.36. The van der Waals surface area contributed by atoms with Gasteiger partial charge in [-0.05, 0) is 0 Å². The van der Waals surface area contributed by atoms with Crippen LogP contribution in [-0.4, -0.2) is 24.5 Å². The minimum atomic E-state index is -0.443. The van der Waals surface area contributed by atoms with Gasteiger partial charge in [0.15, 0.2) is 0 Å². The smallest absolute Gasteiger partial charge is 0.263 e. The van der Waals surface area contributed by atoms with Crippen molar-refractivity contribution in [3.63, 3.8) is 0 Å². The minimum absolute atomic E-state index is 0.421. The Morgan fingerprint density at radius 2 is 2.56 bits per heavy atom. The summed E-state index contributed by atoms with van der Waals surface area (Å²) in [4.78, 5) is 17.9. The van der Waals surface area contributed by atoms with E-state index in [1.165, 1.54) is 6.34 Å². The molecule has 0 aliphatic carbocycles. The van der Waals surface area contributed by atoms with E-state index in [1.54, 1.807) is 0 Å². The van der Waals surface area contributed by atoms with Gasteiger partial charge in [0.25, 0.3) is 5.91 Å². The number of primary amides is 1. The number of carbonyl (C=O) groups excluding carboxylic acids is 1. The first kappa shape index (κ1) is 5.94. The van der Waals surface area contributed by atoms with Crippen LogP contribution in [0.5, 0.6) is 0 Å². The number of nitrogens with zero attached hydrogens (tertiary/aromatic N) is 2. The number of nitrogens with two attached hydrogens (primary N) is 1. The molecule has 1 heterocycles. The van der Waals surface area contributed by atoms with Crippen LogP contribution < -0.4 is 5.73 Å². The molecule has 0 aromatic rings. The highest BCUT2D eigenvalue weighted by molar-refractivity contribution is 6.39. The first-order chi connectivity index (χ1) is 4.30. The molecule has 0 atom stereocenters. The summed E-state index contributed by atoms with van der Waals surface area (Å²) in [7, 11) is 0. The maximum Gasteiger partial charge on any atom is 0.263 e. The Labute approximate surface area is 52.5 Å². The lowest BCUT2D eigenvalue weighted by Crippen LogP contribution is -2.25. The average molecular weight is 125 g/mol. The molecule has 48 valence electrons. The van der Waals surface area contributed by atoms with Crippen molar-refractivity contribution in [2.24, 2.45) is 15.7 Å². The normalized spacial score (nSPS) is 17.1. The van der Waals surface area contributed by atoms with E-state index in [-0.39, 0.29) is 0 Å². The zero-order chi connectivity index (χ0) is 6.69. The van der Waals surface area contributed by atoms with Gasteiger partial charge in [-0.3, -0.25) is 9.79 Å². The number of carbonyl (C=O) groups is 1. The van der Waals surface area contributed by atoms with E-state index < -0.39 is 5.91 Å². The van der Waals surface area contributed by atoms with Crippen LogP contribution in [0.3, 0.4) is 0 Å². The van der Waals surface area contributed by atoms with Gasteiger partial charge in [-0.25, -0.2) is 4.99 Å². The first-order valence-corrected chi connectivity index (χ1v) is 2.65. The molecule has 2 N–H and O–H groups in total. The van der Waals surface area contributed by atoms with Gasteiger partial charge in [0.05, 0.1) is 0 Å². The van der Waals surface area contributed by atoms with Crippen LogP contribution in [0.4, 0.5) is 0 Å². The molecular weight excluding hydrogens is 118 g/mol. The van der Waals surface area contributed by atoms with Crippen LogP contribution in [0.15, 0.2) is 9.98 Å². The van der Waals surface area contributed by atoms with Crippen molar-refractivity contribution in [3.05, 3.63) is 0 Å². The molecule has 0 unspecified atom stereocenters. The average Bonchev–Trinajstić information content (AvgIpc) is 1.90. The molecule has 0 saturated carbocycles. The maximum absolute atomic E-state index is 10.4. The third kappa shape index (κ3) is 1.35. The predicted molar refractivity (Wildman–Crippen MR) is 34.6 cm³/mol. The second-order valence-corrected chi connectivity index (χ2v) is 1.71. The molecular formula is C5H7N3O. The fourth-order valence-electron chi connectivity index (χ4n) is 0.590. The Hall–Kier alpha value is -1.19. The molecule has 0 aromatic heterocycles. The molecule has 9 heavy (non-hydrogen) atoms. The van der Waals surface area contributed by atoms with Gasteiger partial charge in [-0.2, -0.15) is 0 Å². The number of aliphatic imine (C=N–C) groups is 2. The Morgan fingerprint density at radius 1 is 1.78 bits per heavy atom. The Morgan fingerprint density at radius 3 is 2.89 bits per heavy atom. The molecule has 1 aliphatic rings. The summed E-state index contributed by atoms with van der Waals surface area (Å²) in [5, 5.41) is 0.